The minimum Gasteiger partial charge on any atom is -0.352 e. The molecule has 3 N–H and O–H groups in total. The quantitative estimate of drug-likeness (QED) is 0.279. The molecule has 8 nitrogen and oxygen atoms in total. The van der Waals surface area contributed by atoms with Crippen molar-refractivity contribution in [1.29, 1.82) is 0 Å². The first-order chi connectivity index (χ1) is 19.6. The van der Waals surface area contributed by atoms with E-state index in [1.807, 2.05) is 53.1 Å². The summed E-state index contributed by atoms with van der Waals surface area (Å²) in [5.74, 6) is 0.446. The van der Waals surface area contributed by atoms with Crippen LogP contribution >= 0.6 is 0 Å². The topological polar surface area (TPSA) is 91.3 Å². The van der Waals surface area contributed by atoms with Gasteiger partial charge in [0.05, 0.1) is 11.0 Å². The van der Waals surface area contributed by atoms with Crippen molar-refractivity contribution in [2.75, 3.05) is 38.5 Å². The van der Waals surface area contributed by atoms with Gasteiger partial charge in [0.1, 0.15) is 12.9 Å². The largest absolute Gasteiger partial charge is 0.405 e. The highest BCUT2D eigenvalue weighted by Crippen LogP contribution is 2.27. The number of carbonyl (C=O) groups excluding carboxylic acids is 2. The number of alkyl halides is 3. The summed E-state index contributed by atoms with van der Waals surface area (Å²) in [5.41, 5.74) is 5.09. The van der Waals surface area contributed by atoms with Gasteiger partial charge in [-0.3, -0.25) is 9.36 Å². The number of carbonyl (C=O) groups is 2. The molecule has 3 aromatic carbocycles. The van der Waals surface area contributed by atoms with E-state index in [4.69, 9.17) is 0 Å². The number of likely N-dealkylation sites (tertiary alicyclic amines) is 1. The number of anilines is 1. The van der Waals surface area contributed by atoms with Crippen molar-refractivity contribution in [3.8, 4) is 16.8 Å². The number of fused-ring (bicyclic) bond motifs is 1. The average Bonchev–Trinajstić information content (AvgIpc) is 3.39. The summed E-state index contributed by atoms with van der Waals surface area (Å²) >= 11 is 0. The predicted octanol–water partition coefficient (Wildman–Crippen LogP) is 5.45. The van der Waals surface area contributed by atoms with Crippen molar-refractivity contribution in [1.82, 2.24) is 25.1 Å². The highest BCUT2D eigenvalue weighted by Gasteiger charge is 2.27. The first-order valence-electron chi connectivity index (χ1n) is 13.4. The van der Waals surface area contributed by atoms with Gasteiger partial charge >= 0.3 is 12.2 Å². The van der Waals surface area contributed by atoms with Gasteiger partial charge in [0.2, 0.25) is 0 Å². The summed E-state index contributed by atoms with van der Waals surface area (Å²) in [4.78, 5) is 31.3. The third-order valence-corrected chi connectivity index (χ3v) is 7.25. The number of amides is 3. The molecule has 0 aliphatic carbocycles. The maximum atomic E-state index is 12.7. The third kappa shape index (κ3) is 7.23. The second kappa shape index (κ2) is 12.0. The number of benzene rings is 3. The van der Waals surface area contributed by atoms with Gasteiger partial charge in [0.15, 0.2) is 0 Å². The van der Waals surface area contributed by atoms with Crippen LogP contribution in [0.25, 0.3) is 27.8 Å². The van der Waals surface area contributed by atoms with E-state index in [9.17, 15) is 22.8 Å². The Balaban J connectivity index is 1.24. The molecule has 0 spiro atoms. The van der Waals surface area contributed by atoms with Crippen LogP contribution in [0.1, 0.15) is 23.2 Å². The minimum atomic E-state index is -4.49. The standard InChI is InChI=1S/C30H31F3N6O2/c1-38-13-11-20(12-14-38)17-34-28(40)22-7-5-21(6-8-22)23-9-10-27-26(15-23)36-19-39(27)25-4-2-3-24(16-25)37-29(41)35-18-30(31,32)33/h2-10,15-16,19-20H,11-14,17-18H2,1H3,(H,34,40)(H2,35,37,41). The zero-order valence-electron chi connectivity index (χ0n) is 22.5. The zero-order valence-corrected chi connectivity index (χ0v) is 22.5. The molecule has 11 heteroatoms. The smallest absolute Gasteiger partial charge is 0.352 e. The minimum absolute atomic E-state index is 0.0702. The van der Waals surface area contributed by atoms with Crippen molar-refractivity contribution >= 4 is 28.7 Å². The van der Waals surface area contributed by atoms with Crippen LogP contribution in [0.2, 0.25) is 0 Å². The molecule has 0 bridgehead atoms. The van der Waals surface area contributed by atoms with Crippen molar-refractivity contribution < 1.29 is 22.8 Å². The molecule has 41 heavy (non-hydrogen) atoms. The molecule has 0 saturated carbocycles. The molecule has 1 aliphatic rings. The maximum Gasteiger partial charge on any atom is 0.405 e. The van der Waals surface area contributed by atoms with Gasteiger partial charge in [-0.2, -0.15) is 13.2 Å². The fourth-order valence-corrected chi connectivity index (χ4v) is 4.91. The molecule has 1 aromatic heterocycles. The Labute approximate surface area is 235 Å². The zero-order chi connectivity index (χ0) is 29.0. The van der Waals surface area contributed by atoms with Crippen molar-refractivity contribution in [2.24, 2.45) is 5.92 Å². The summed E-state index contributed by atoms with van der Waals surface area (Å²) < 4.78 is 38.9. The lowest BCUT2D eigenvalue weighted by atomic mass is 9.97. The molecule has 1 fully saturated rings. The summed E-state index contributed by atoms with van der Waals surface area (Å²) in [6.07, 6.45) is -0.650. The first kappa shape index (κ1) is 28.2. The fraction of sp³-hybridized carbons (Fsp3) is 0.300. The monoisotopic (exact) mass is 564 g/mol. The van der Waals surface area contributed by atoms with E-state index in [1.165, 1.54) is 0 Å². The second-order valence-corrected chi connectivity index (χ2v) is 10.3. The Bertz CT molecular complexity index is 1530. The SMILES string of the molecule is CN1CCC(CNC(=O)c2ccc(-c3ccc4c(c3)ncn4-c3cccc(NC(=O)NCC(F)(F)F)c3)cc2)CC1. The second-order valence-electron chi connectivity index (χ2n) is 10.3. The molecule has 0 unspecified atom stereocenters. The number of hydrogen-bond acceptors (Lipinski definition) is 4. The van der Waals surface area contributed by atoms with Crippen LogP contribution in [0.4, 0.5) is 23.7 Å². The van der Waals surface area contributed by atoms with Gasteiger partial charge < -0.3 is 20.9 Å². The highest BCUT2D eigenvalue weighted by atomic mass is 19.4. The molecule has 4 aromatic rings. The van der Waals surface area contributed by atoms with Crippen LogP contribution in [0.5, 0.6) is 0 Å². The van der Waals surface area contributed by atoms with E-state index in [0.29, 0.717) is 29.4 Å². The van der Waals surface area contributed by atoms with Gasteiger partial charge in [-0.15, -0.1) is 0 Å². The Hall–Kier alpha value is -4.38. The molecular formula is C30H31F3N6O2. The van der Waals surface area contributed by atoms with E-state index < -0.39 is 18.8 Å². The molecule has 1 saturated heterocycles. The molecule has 0 atom stereocenters. The molecule has 2 heterocycles. The van der Waals surface area contributed by atoms with Crippen LogP contribution in [0.15, 0.2) is 73.1 Å². The third-order valence-electron chi connectivity index (χ3n) is 7.25. The van der Waals surface area contributed by atoms with E-state index in [0.717, 1.165) is 48.1 Å². The Morgan fingerprint density at radius 1 is 0.951 bits per heavy atom. The average molecular weight is 565 g/mol. The molecule has 0 radical (unpaired) electrons. The predicted molar refractivity (Wildman–Crippen MR) is 152 cm³/mol. The number of aromatic nitrogens is 2. The first-order valence-corrected chi connectivity index (χ1v) is 13.4. The van der Waals surface area contributed by atoms with Crippen molar-refractivity contribution in [2.45, 2.75) is 19.0 Å². The summed E-state index contributed by atoms with van der Waals surface area (Å²) in [6.45, 7) is 1.41. The van der Waals surface area contributed by atoms with E-state index >= 15 is 0 Å². The van der Waals surface area contributed by atoms with Gasteiger partial charge in [-0.05, 0) is 92.5 Å². The van der Waals surface area contributed by atoms with E-state index in [1.54, 1.807) is 29.8 Å². The number of nitrogens with one attached hydrogen (secondary N) is 3. The number of urea groups is 1. The Kier molecular flexibility index (Phi) is 8.25. The molecule has 214 valence electrons. The lowest BCUT2D eigenvalue weighted by molar-refractivity contribution is -0.122. The lowest BCUT2D eigenvalue weighted by Crippen LogP contribution is -2.36. The number of halogens is 3. The molecule has 1 aliphatic heterocycles. The number of nitrogens with zero attached hydrogens (tertiary/aromatic N) is 3. The summed E-state index contributed by atoms with van der Waals surface area (Å²) in [5, 5.41) is 7.28. The van der Waals surface area contributed by atoms with Crippen LogP contribution in [0.3, 0.4) is 0 Å². The van der Waals surface area contributed by atoms with Crippen molar-refractivity contribution in [3.05, 3.63) is 78.6 Å². The number of piperidine rings is 1. The highest BCUT2D eigenvalue weighted by molar-refractivity contribution is 5.95. The van der Waals surface area contributed by atoms with Crippen LogP contribution in [-0.4, -0.2) is 65.8 Å². The van der Waals surface area contributed by atoms with E-state index in [2.05, 4.69) is 27.6 Å². The van der Waals surface area contributed by atoms with Gasteiger partial charge in [-0.25, -0.2) is 9.78 Å². The summed E-state index contributed by atoms with van der Waals surface area (Å²) in [6, 6.07) is 19.1. The summed E-state index contributed by atoms with van der Waals surface area (Å²) in [7, 11) is 2.12. The van der Waals surface area contributed by atoms with Crippen LogP contribution < -0.4 is 16.0 Å². The molecular weight excluding hydrogens is 533 g/mol. The normalized spacial score (nSPS) is 14.6. The lowest BCUT2D eigenvalue weighted by Gasteiger charge is -2.28. The number of imidazole rings is 1. The Morgan fingerprint density at radius 3 is 2.41 bits per heavy atom. The number of hydrogen-bond donors (Lipinski definition) is 3. The van der Waals surface area contributed by atoms with Gasteiger partial charge in [0, 0.05) is 23.5 Å². The van der Waals surface area contributed by atoms with Gasteiger partial charge in [0.25, 0.3) is 5.91 Å². The number of rotatable bonds is 7. The maximum absolute atomic E-state index is 12.7. The molecule has 5 rings (SSSR count). The Morgan fingerprint density at radius 2 is 1.68 bits per heavy atom. The fourth-order valence-electron chi connectivity index (χ4n) is 4.91. The van der Waals surface area contributed by atoms with Crippen LogP contribution in [-0.2, 0) is 0 Å². The molecule has 3 amide bonds. The van der Waals surface area contributed by atoms with E-state index in [-0.39, 0.29) is 5.91 Å². The van der Waals surface area contributed by atoms with Crippen LogP contribution in [0, 0.1) is 5.92 Å². The van der Waals surface area contributed by atoms with Crippen molar-refractivity contribution in [3.63, 3.8) is 0 Å². The van der Waals surface area contributed by atoms with Gasteiger partial charge in [-0.1, -0.05) is 24.3 Å².